The number of guanidine groups is 1. The Kier molecular flexibility index (Phi) is 7.43. The van der Waals surface area contributed by atoms with Crippen LogP contribution in [0.4, 0.5) is 4.39 Å². The highest BCUT2D eigenvalue weighted by atomic mass is 19.1. The van der Waals surface area contributed by atoms with Gasteiger partial charge in [-0.3, -0.25) is 0 Å². The maximum Gasteiger partial charge on any atom is 0.340 e. The predicted octanol–water partition coefficient (Wildman–Crippen LogP) is 4.21. The van der Waals surface area contributed by atoms with E-state index in [2.05, 4.69) is 15.1 Å². The van der Waals surface area contributed by atoms with Gasteiger partial charge in [-0.1, -0.05) is 30.3 Å². The monoisotopic (exact) mass is 554 g/mol. The lowest BCUT2D eigenvalue weighted by Crippen LogP contribution is -2.23. The molecule has 2 heterocycles. The van der Waals surface area contributed by atoms with E-state index in [0.29, 0.717) is 22.2 Å². The van der Waals surface area contributed by atoms with Crippen LogP contribution in [0.2, 0.25) is 0 Å². The number of esters is 1. The van der Waals surface area contributed by atoms with Gasteiger partial charge in [-0.2, -0.15) is 5.10 Å². The first-order valence-corrected chi connectivity index (χ1v) is 13.1. The van der Waals surface area contributed by atoms with Crippen molar-refractivity contribution < 1.29 is 13.9 Å². The molecular weight excluding hydrogens is 523 g/mol. The molecule has 0 amide bonds. The number of hydrogen-bond donors (Lipinski definition) is 3. The second-order valence-electron chi connectivity index (χ2n) is 9.58. The number of nitrogens with zero attached hydrogens (tertiary/aromatic N) is 5. The van der Waals surface area contributed by atoms with Crippen LogP contribution >= 0.6 is 0 Å². The fraction of sp³-hybridized carbons (Fsp3) is 0.200. The summed E-state index contributed by atoms with van der Waals surface area (Å²) in [5, 5.41) is 6.39. The van der Waals surface area contributed by atoms with Gasteiger partial charge in [0.05, 0.1) is 30.5 Å². The van der Waals surface area contributed by atoms with Crippen molar-refractivity contribution in [3.8, 4) is 11.1 Å². The molecule has 0 aliphatic heterocycles. The molecule has 0 aliphatic rings. The topological polar surface area (TPSA) is 152 Å². The normalized spacial score (nSPS) is 12.5. The molecule has 41 heavy (non-hydrogen) atoms. The first-order valence-electron chi connectivity index (χ1n) is 13.1. The Labute approximate surface area is 235 Å². The molecular formula is C30H31FN8O2. The number of ether oxygens (including phenoxy) is 1. The zero-order valence-corrected chi connectivity index (χ0v) is 23.0. The highest BCUT2D eigenvalue weighted by Gasteiger charge is 2.23. The molecule has 0 saturated carbocycles. The van der Waals surface area contributed by atoms with E-state index in [1.807, 2.05) is 54.9 Å². The number of aliphatic imine (C=N–C) groups is 2. The third-order valence-corrected chi connectivity index (χ3v) is 7.03. The van der Waals surface area contributed by atoms with Crippen LogP contribution in [0.25, 0.3) is 32.8 Å². The number of carbonyl (C=O) groups excluding carboxylic acids is 1. The largest absolute Gasteiger partial charge is 0.462 e. The first kappa shape index (κ1) is 27.4. The van der Waals surface area contributed by atoms with E-state index in [4.69, 9.17) is 21.9 Å². The summed E-state index contributed by atoms with van der Waals surface area (Å²) in [7, 11) is 1.83. The minimum atomic E-state index is -0.462. The molecule has 0 fully saturated rings. The van der Waals surface area contributed by atoms with E-state index in [1.54, 1.807) is 25.4 Å². The fourth-order valence-electron chi connectivity index (χ4n) is 5.15. The van der Waals surface area contributed by atoms with Crippen molar-refractivity contribution in [1.82, 2.24) is 14.3 Å². The average molecular weight is 555 g/mol. The van der Waals surface area contributed by atoms with Crippen molar-refractivity contribution >= 4 is 39.6 Å². The summed E-state index contributed by atoms with van der Waals surface area (Å²) in [6.45, 7) is 3.98. The Morgan fingerprint density at radius 3 is 2.59 bits per heavy atom. The molecule has 10 nitrogen and oxygen atoms in total. The number of benzene rings is 3. The van der Waals surface area contributed by atoms with Crippen molar-refractivity contribution in [2.24, 2.45) is 34.2 Å². The molecule has 1 atom stereocenters. The number of aromatic nitrogens is 3. The SMILES string of the molecule is CCOC(=O)c1c(CN=C(N)N)n(C)c2cc(-c3cc(F)cc4c(C(C)N=C(N)n5cccn5)cccc34)ccc12. The van der Waals surface area contributed by atoms with Gasteiger partial charge in [0.25, 0.3) is 0 Å². The molecule has 6 N–H and O–H groups in total. The van der Waals surface area contributed by atoms with Gasteiger partial charge in [0.1, 0.15) is 5.82 Å². The number of fused-ring (bicyclic) bond motifs is 2. The second-order valence-corrected chi connectivity index (χ2v) is 9.58. The van der Waals surface area contributed by atoms with Gasteiger partial charge in [-0.25, -0.2) is 23.9 Å². The van der Waals surface area contributed by atoms with Crippen LogP contribution in [0.1, 0.15) is 41.5 Å². The summed E-state index contributed by atoms with van der Waals surface area (Å²) in [4.78, 5) is 21.7. The first-order chi connectivity index (χ1) is 19.7. The van der Waals surface area contributed by atoms with E-state index >= 15 is 4.39 Å². The van der Waals surface area contributed by atoms with Crippen molar-refractivity contribution in [3.05, 3.63) is 89.6 Å². The molecule has 5 rings (SSSR count). The lowest BCUT2D eigenvalue weighted by atomic mass is 9.93. The maximum atomic E-state index is 15.2. The van der Waals surface area contributed by atoms with Gasteiger partial charge in [-0.05, 0) is 65.6 Å². The molecule has 0 spiro atoms. The van der Waals surface area contributed by atoms with Crippen LogP contribution in [0, 0.1) is 5.82 Å². The van der Waals surface area contributed by atoms with Crippen LogP contribution in [0.5, 0.6) is 0 Å². The van der Waals surface area contributed by atoms with E-state index < -0.39 is 5.97 Å². The summed E-state index contributed by atoms with van der Waals surface area (Å²) in [5.41, 5.74) is 21.3. The van der Waals surface area contributed by atoms with Crippen LogP contribution < -0.4 is 17.2 Å². The summed E-state index contributed by atoms with van der Waals surface area (Å²) in [6, 6.07) is 15.8. The summed E-state index contributed by atoms with van der Waals surface area (Å²) >= 11 is 0. The highest BCUT2D eigenvalue weighted by Crippen LogP contribution is 2.37. The van der Waals surface area contributed by atoms with E-state index in [0.717, 1.165) is 27.4 Å². The number of aryl methyl sites for hydroxylation is 1. The second kappa shape index (κ2) is 11.1. The van der Waals surface area contributed by atoms with Crippen molar-refractivity contribution in [3.63, 3.8) is 0 Å². The van der Waals surface area contributed by atoms with Gasteiger partial charge in [0, 0.05) is 30.3 Å². The van der Waals surface area contributed by atoms with Gasteiger partial charge >= 0.3 is 5.97 Å². The van der Waals surface area contributed by atoms with Crippen molar-refractivity contribution in [1.29, 1.82) is 0 Å². The Morgan fingerprint density at radius 2 is 1.88 bits per heavy atom. The van der Waals surface area contributed by atoms with Crippen LogP contribution in [0.3, 0.4) is 0 Å². The van der Waals surface area contributed by atoms with E-state index in [1.165, 1.54) is 16.8 Å². The molecule has 0 radical (unpaired) electrons. The zero-order chi connectivity index (χ0) is 29.3. The molecule has 2 aromatic heterocycles. The lowest BCUT2D eigenvalue weighted by molar-refractivity contribution is 0.0527. The minimum Gasteiger partial charge on any atom is -0.462 e. The molecule has 5 aromatic rings. The summed E-state index contributed by atoms with van der Waals surface area (Å²) in [6.07, 6.45) is 3.33. The molecule has 3 aromatic carbocycles. The zero-order valence-electron chi connectivity index (χ0n) is 23.0. The molecule has 0 bridgehead atoms. The summed E-state index contributed by atoms with van der Waals surface area (Å²) in [5.74, 6) is -0.697. The molecule has 0 saturated heterocycles. The molecule has 0 aliphatic carbocycles. The molecule has 1 unspecified atom stereocenters. The van der Waals surface area contributed by atoms with Crippen molar-refractivity contribution in [2.75, 3.05) is 6.61 Å². The van der Waals surface area contributed by atoms with Gasteiger partial charge in [0.2, 0.25) is 5.96 Å². The Hall–Kier alpha value is -5.19. The number of rotatable bonds is 7. The molecule has 11 heteroatoms. The number of halogens is 1. The third kappa shape index (κ3) is 5.21. The third-order valence-electron chi connectivity index (χ3n) is 7.03. The van der Waals surface area contributed by atoms with Gasteiger partial charge in [-0.15, -0.1) is 0 Å². The van der Waals surface area contributed by atoms with Crippen molar-refractivity contribution in [2.45, 2.75) is 26.4 Å². The maximum absolute atomic E-state index is 15.2. The standard InChI is InChI=1S/C30H31FN8O2/c1-4-41-28(40)27-22-10-9-18(13-25(22)38(3)26(27)16-35-29(32)33)23-14-19(31)15-24-20(7-5-8-21(23)24)17(2)37-30(34)39-12-6-11-36-39/h5-15,17H,4,16H2,1-3H3,(H2,34,37)(H4,32,33,35). The van der Waals surface area contributed by atoms with Crippen LogP contribution in [-0.2, 0) is 18.3 Å². The number of hydrogen-bond acceptors (Lipinski definition) is 5. The highest BCUT2D eigenvalue weighted by molar-refractivity contribution is 6.08. The Balaban J connectivity index is 1.66. The fourth-order valence-corrected chi connectivity index (χ4v) is 5.15. The number of nitrogens with two attached hydrogens (primary N) is 3. The Morgan fingerprint density at radius 1 is 1.07 bits per heavy atom. The quantitative estimate of drug-likeness (QED) is 0.156. The Bertz CT molecular complexity index is 1820. The average Bonchev–Trinajstić information content (AvgIpc) is 3.58. The van der Waals surface area contributed by atoms with Gasteiger partial charge in [0.15, 0.2) is 5.96 Å². The minimum absolute atomic E-state index is 0.0854. The lowest BCUT2D eigenvalue weighted by Gasteiger charge is -2.15. The van der Waals surface area contributed by atoms with Crippen LogP contribution in [0.15, 0.2) is 77.0 Å². The summed E-state index contributed by atoms with van der Waals surface area (Å²) < 4.78 is 23.8. The smallest absolute Gasteiger partial charge is 0.340 e. The number of carbonyl (C=O) groups is 1. The molecule has 210 valence electrons. The van der Waals surface area contributed by atoms with E-state index in [9.17, 15) is 4.79 Å². The van der Waals surface area contributed by atoms with Crippen LogP contribution in [-0.4, -0.2) is 38.8 Å². The predicted molar refractivity (Wildman–Crippen MR) is 159 cm³/mol. The van der Waals surface area contributed by atoms with Gasteiger partial charge < -0.3 is 26.5 Å². The van der Waals surface area contributed by atoms with E-state index in [-0.39, 0.29) is 36.9 Å².